The first-order valence-electron chi connectivity index (χ1n) is 9.59. The van der Waals surface area contributed by atoms with Gasteiger partial charge in [-0.05, 0) is 66.6 Å². The van der Waals surface area contributed by atoms with Crippen molar-refractivity contribution in [1.29, 1.82) is 0 Å². The molecular formula is C22H24ClN2PS. The van der Waals surface area contributed by atoms with E-state index in [4.69, 9.17) is 27.8 Å². The van der Waals surface area contributed by atoms with Crippen LogP contribution in [0.2, 0.25) is 0 Å². The Hall–Kier alpha value is -1.41. The van der Waals surface area contributed by atoms with Crippen LogP contribution in [0.5, 0.6) is 0 Å². The molecule has 2 aromatic carbocycles. The number of nitrogens with zero attached hydrogens (tertiary/aromatic N) is 2. The van der Waals surface area contributed by atoms with E-state index in [2.05, 4.69) is 66.2 Å². The van der Waals surface area contributed by atoms with Gasteiger partial charge in [-0.25, -0.2) is 4.76 Å². The minimum atomic E-state index is -2.62. The molecule has 0 amide bonds. The molecule has 27 heavy (non-hydrogen) atoms. The molecule has 4 rings (SSSR count). The zero-order chi connectivity index (χ0) is 18.9. The van der Waals surface area contributed by atoms with Crippen molar-refractivity contribution in [3.05, 3.63) is 71.8 Å². The smallest absolute Gasteiger partial charge is 0.236 e. The average molecular weight is 415 g/mol. The van der Waals surface area contributed by atoms with Crippen molar-refractivity contribution in [2.45, 2.75) is 39.0 Å². The first-order chi connectivity index (χ1) is 13.0. The summed E-state index contributed by atoms with van der Waals surface area (Å²) in [6.45, 7) is 2.09. The second-order valence-corrected chi connectivity index (χ2v) is 12.5. The summed E-state index contributed by atoms with van der Waals surface area (Å²) in [5, 5.41) is 0. The molecule has 1 aliphatic carbocycles. The lowest BCUT2D eigenvalue weighted by Gasteiger charge is -2.37. The topological polar surface area (TPSA) is 15.6 Å². The third kappa shape index (κ3) is 4.06. The number of allylic oxidation sites excluding steroid dienone is 1. The van der Waals surface area contributed by atoms with E-state index in [-0.39, 0.29) is 0 Å². The first kappa shape index (κ1) is 18.9. The van der Waals surface area contributed by atoms with E-state index in [0.29, 0.717) is 5.92 Å². The van der Waals surface area contributed by atoms with E-state index in [1.165, 1.54) is 37.7 Å². The molecule has 0 spiro atoms. The third-order valence-corrected chi connectivity index (χ3v) is 8.20. The maximum atomic E-state index is 6.99. The van der Waals surface area contributed by atoms with Crippen LogP contribution in [0.15, 0.2) is 65.4 Å². The van der Waals surface area contributed by atoms with Gasteiger partial charge in [0.1, 0.15) is 0 Å². The van der Waals surface area contributed by atoms with Crippen molar-refractivity contribution in [1.82, 2.24) is 0 Å². The Morgan fingerprint density at radius 3 is 2.33 bits per heavy atom. The monoisotopic (exact) mass is 414 g/mol. The van der Waals surface area contributed by atoms with E-state index < -0.39 is 5.69 Å². The summed E-state index contributed by atoms with van der Waals surface area (Å²) in [5.41, 5.74) is 2.93. The molecule has 1 fully saturated rings. The van der Waals surface area contributed by atoms with E-state index in [1.807, 2.05) is 6.07 Å². The molecule has 0 radical (unpaired) electrons. The molecule has 2 aromatic rings. The fourth-order valence-corrected chi connectivity index (χ4v) is 6.98. The second kappa shape index (κ2) is 7.91. The second-order valence-electron chi connectivity index (χ2n) is 7.38. The molecule has 0 N–H and O–H groups in total. The summed E-state index contributed by atoms with van der Waals surface area (Å²) in [5.74, 6) is 0.485. The summed E-state index contributed by atoms with van der Waals surface area (Å²) >= 11 is 12.9. The Morgan fingerprint density at radius 1 is 1.00 bits per heavy atom. The zero-order valence-corrected chi connectivity index (χ0v) is 18.0. The van der Waals surface area contributed by atoms with Crippen LogP contribution in [-0.4, -0.2) is 5.71 Å². The van der Waals surface area contributed by atoms with Gasteiger partial charge in [0.15, 0.2) is 0 Å². The number of rotatable bonds is 3. The minimum absolute atomic E-state index is 0.485. The largest absolute Gasteiger partial charge is 0.284 e. The highest BCUT2D eigenvalue weighted by molar-refractivity contribution is 8.27. The Bertz CT molecular complexity index is 915. The SMILES string of the molecule is Cc1ccc(N2C(c3ccccc3)=CC(C3CCCCC3)=NP2(=S)Cl)cc1. The molecule has 1 heterocycles. The van der Waals surface area contributed by atoms with Crippen LogP contribution in [-0.2, 0) is 11.8 Å². The van der Waals surface area contributed by atoms with Crippen molar-refractivity contribution >= 4 is 45.8 Å². The van der Waals surface area contributed by atoms with Crippen LogP contribution in [0.4, 0.5) is 5.69 Å². The lowest BCUT2D eigenvalue weighted by Crippen LogP contribution is -2.25. The van der Waals surface area contributed by atoms with Crippen molar-refractivity contribution < 1.29 is 0 Å². The maximum absolute atomic E-state index is 6.99. The standard InChI is InChI=1S/C22H24ClN2PS/c1-17-12-14-20(15-13-17)25-22(19-10-6-3-7-11-19)16-21(24-26(25,23)27)18-8-4-2-5-9-18/h3,6-7,10-16,18H,2,4-5,8-9H2,1H3. The molecule has 0 aromatic heterocycles. The Kier molecular flexibility index (Phi) is 5.55. The van der Waals surface area contributed by atoms with E-state index in [0.717, 1.165) is 22.7 Å². The van der Waals surface area contributed by atoms with Crippen LogP contribution in [0.25, 0.3) is 5.70 Å². The molecule has 1 unspecified atom stereocenters. The van der Waals surface area contributed by atoms with Crippen molar-refractivity contribution in [2.24, 2.45) is 10.7 Å². The van der Waals surface area contributed by atoms with Crippen LogP contribution in [0.3, 0.4) is 0 Å². The molecule has 0 saturated heterocycles. The van der Waals surface area contributed by atoms with Gasteiger partial charge in [0.25, 0.3) is 0 Å². The number of benzene rings is 2. The highest BCUT2D eigenvalue weighted by atomic mass is 35.7. The van der Waals surface area contributed by atoms with E-state index in [1.54, 1.807) is 0 Å². The van der Waals surface area contributed by atoms with Gasteiger partial charge in [0.2, 0.25) is 5.69 Å². The highest BCUT2D eigenvalue weighted by Crippen LogP contribution is 2.64. The fraction of sp³-hybridized carbons (Fsp3) is 0.318. The lowest BCUT2D eigenvalue weighted by atomic mass is 9.85. The van der Waals surface area contributed by atoms with E-state index in [9.17, 15) is 0 Å². The number of aryl methyl sites for hydroxylation is 1. The molecule has 140 valence electrons. The lowest BCUT2D eigenvalue weighted by molar-refractivity contribution is 0.441. The van der Waals surface area contributed by atoms with E-state index >= 15 is 0 Å². The predicted octanol–water partition coefficient (Wildman–Crippen LogP) is 7.34. The molecule has 1 atom stereocenters. The Morgan fingerprint density at radius 2 is 1.67 bits per heavy atom. The normalized spacial score (nSPS) is 23.7. The van der Waals surface area contributed by atoms with Gasteiger partial charge in [-0.1, -0.05) is 67.3 Å². The number of anilines is 1. The Balaban J connectivity index is 1.83. The summed E-state index contributed by atoms with van der Waals surface area (Å²) < 4.78 is 7.04. The summed E-state index contributed by atoms with van der Waals surface area (Å²) in [4.78, 5) is 0. The van der Waals surface area contributed by atoms with Gasteiger partial charge < -0.3 is 0 Å². The van der Waals surface area contributed by atoms with Gasteiger partial charge in [0, 0.05) is 17.3 Å². The average Bonchev–Trinajstić information content (AvgIpc) is 2.69. The molecule has 2 aliphatic rings. The molecule has 1 saturated carbocycles. The highest BCUT2D eigenvalue weighted by Gasteiger charge is 2.34. The van der Waals surface area contributed by atoms with Crippen molar-refractivity contribution in [3.8, 4) is 0 Å². The quantitative estimate of drug-likeness (QED) is 0.488. The summed E-state index contributed by atoms with van der Waals surface area (Å²) in [6, 6.07) is 18.8. The van der Waals surface area contributed by atoms with Crippen LogP contribution in [0, 0.1) is 12.8 Å². The maximum Gasteiger partial charge on any atom is 0.236 e. The van der Waals surface area contributed by atoms with Gasteiger partial charge in [0.05, 0.1) is 5.70 Å². The van der Waals surface area contributed by atoms with Crippen LogP contribution in [0.1, 0.15) is 43.2 Å². The minimum Gasteiger partial charge on any atom is -0.284 e. The number of hydrogen-bond acceptors (Lipinski definition) is 1. The van der Waals surface area contributed by atoms with Crippen LogP contribution < -0.4 is 4.67 Å². The fourth-order valence-electron chi connectivity index (χ4n) is 3.93. The van der Waals surface area contributed by atoms with Crippen LogP contribution >= 0.6 is 16.9 Å². The number of halogens is 1. The Labute approximate surface area is 171 Å². The predicted molar refractivity (Wildman–Crippen MR) is 122 cm³/mol. The molecule has 2 nitrogen and oxygen atoms in total. The number of hydrogen-bond donors (Lipinski definition) is 0. The van der Waals surface area contributed by atoms with Crippen molar-refractivity contribution in [2.75, 3.05) is 4.67 Å². The van der Waals surface area contributed by atoms with Gasteiger partial charge in [-0.3, -0.25) is 4.67 Å². The third-order valence-electron chi connectivity index (χ3n) is 5.37. The summed E-state index contributed by atoms with van der Waals surface area (Å²) in [6.07, 6.45) is 8.47. The van der Waals surface area contributed by atoms with Gasteiger partial charge in [-0.15, -0.1) is 0 Å². The molecule has 1 aliphatic heterocycles. The zero-order valence-electron chi connectivity index (χ0n) is 15.5. The molecular weight excluding hydrogens is 391 g/mol. The molecule has 0 bridgehead atoms. The first-order valence-corrected chi connectivity index (χ1v) is 13.2. The van der Waals surface area contributed by atoms with Gasteiger partial charge >= 0.3 is 0 Å². The molecule has 5 heteroatoms. The van der Waals surface area contributed by atoms with Gasteiger partial charge in [-0.2, -0.15) is 0 Å². The summed E-state index contributed by atoms with van der Waals surface area (Å²) in [7, 11) is 0. The van der Waals surface area contributed by atoms with Crippen molar-refractivity contribution in [3.63, 3.8) is 0 Å².